The topological polar surface area (TPSA) is 75.0 Å². The Balaban J connectivity index is 1.64. The van der Waals surface area contributed by atoms with Crippen molar-refractivity contribution in [2.24, 2.45) is 0 Å². The fraction of sp³-hybridized carbons (Fsp3) is 0.238. The Hall–Kier alpha value is -3.20. The summed E-state index contributed by atoms with van der Waals surface area (Å²) in [5.74, 6) is -0.556. The van der Waals surface area contributed by atoms with Gasteiger partial charge in [-0.05, 0) is 42.8 Å². The molecule has 1 aliphatic rings. The van der Waals surface area contributed by atoms with Gasteiger partial charge in [-0.3, -0.25) is 9.69 Å². The molecule has 5 nitrogen and oxygen atoms in total. The van der Waals surface area contributed by atoms with Crippen molar-refractivity contribution in [1.82, 2.24) is 14.9 Å². The highest BCUT2D eigenvalue weighted by atomic mass is 19.4. The number of nitrogen functional groups attached to an aromatic ring is 1. The number of nitrogens with zero attached hydrogens (tertiary/aromatic N) is 2. The first-order chi connectivity index (χ1) is 14.2. The number of hydrogen-bond acceptors (Lipinski definition) is 4. The molecule has 9 heteroatoms. The van der Waals surface area contributed by atoms with Crippen LogP contribution in [0.15, 0.2) is 47.3 Å². The molecule has 0 unspecified atom stereocenters. The van der Waals surface area contributed by atoms with Gasteiger partial charge in [-0.25, -0.2) is 9.37 Å². The van der Waals surface area contributed by atoms with E-state index in [1.54, 1.807) is 29.2 Å². The highest BCUT2D eigenvalue weighted by Gasteiger charge is 2.35. The highest BCUT2D eigenvalue weighted by molar-refractivity contribution is 5.58. The molecule has 0 atom stereocenters. The molecule has 1 aliphatic heterocycles. The van der Waals surface area contributed by atoms with E-state index >= 15 is 0 Å². The van der Waals surface area contributed by atoms with Gasteiger partial charge < -0.3 is 10.7 Å². The summed E-state index contributed by atoms with van der Waals surface area (Å²) in [5.41, 5.74) is 6.20. The summed E-state index contributed by atoms with van der Waals surface area (Å²) in [4.78, 5) is 21.4. The van der Waals surface area contributed by atoms with Gasteiger partial charge in [0.25, 0.3) is 5.56 Å². The zero-order valence-electron chi connectivity index (χ0n) is 15.8. The number of anilines is 1. The van der Waals surface area contributed by atoms with Crippen molar-refractivity contribution in [3.05, 3.63) is 81.0 Å². The SMILES string of the molecule is Nc1ccc(-c2nc3c(c(=O)[nH]2)CCN(Cc2c(F)cccc2C(F)(F)F)C3)cc1. The normalized spacial score (nSPS) is 14.5. The monoisotopic (exact) mass is 418 g/mol. The van der Waals surface area contributed by atoms with E-state index in [0.29, 0.717) is 41.3 Å². The Kier molecular flexibility index (Phi) is 5.07. The largest absolute Gasteiger partial charge is 0.416 e. The fourth-order valence-corrected chi connectivity index (χ4v) is 3.62. The first-order valence-electron chi connectivity index (χ1n) is 9.27. The Morgan fingerprint density at radius 2 is 1.87 bits per heavy atom. The van der Waals surface area contributed by atoms with Gasteiger partial charge in [0.2, 0.25) is 0 Å². The Bertz CT molecular complexity index is 1140. The summed E-state index contributed by atoms with van der Waals surface area (Å²) >= 11 is 0. The number of benzene rings is 2. The number of alkyl halides is 3. The first-order valence-corrected chi connectivity index (χ1v) is 9.27. The molecule has 0 fully saturated rings. The van der Waals surface area contributed by atoms with Crippen LogP contribution in [-0.2, 0) is 25.7 Å². The zero-order chi connectivity index (χ0) is 21.5. The van der Waals surface area contributed by atoms with Crippen molar-refractivity contribution in [3.8, 4) is 11.4 Å². The molecule has 2 heterocycles. The van der Waals surface area contributed by atoms with E-state index in [1.807, 2.05) is 0 Å². The highest BCUT2D eigenvalue weighted by Crippen LogP contribution is 2.34. The number of hydrogen-bond donors (Lipinski definition) is 2. The molecule has 3 N–H and O–H groups in total. The minimum Gasteiger partial charge on any atom is -0.399 e. The lowest BCUT2D eigenvalue weighted by atomic mass is 10.0. The Morgan fingerprint density at radius 1 is 1.13 bits per heavy atom. The zero-order valence-corrected chi connectivity index (χ0v) is 15.8. The molecule has 0 saturated carbocycles. The van der Waals surface area contributed by atoms with Gasteiger partial charge in [-0.1, -0.05) is 6.07 Å². The van der Waals surface area contributed by atoms with Crippen LogP contribution in [0.1, 0.15) is 22.4 Å². The number of fused-ring (bicyclic) bond motifs is 1. The van der Waals surface area contributed by atoms with E-state index in [1.165, 1.54) is 0 Å². The molecule has 2 aromatic carbocycles. The van der Waals surface area contributed by atoms with Gasteiger partial charge in [-0.15, -0.1) is 0 Å². The van der Waals surface area contributed by atoms with E-state index in [0.717, 1.165) is 18.2 Å². The van der Waals surface area contributed by atoms with Crippen LogP contribution in [0.3, 0.4) is 0 Å². The Labute approximate surface area is 169 Å². The first kappa shape index (κ1) is 20.1. The van der Waals surface area contributed by atoms with Crippen LogP contribution < -0.4 is 11.3 Å². The van der Waals surface area contributed by atoms with Crippen molar-refractivity contribution in [3.63, 3.8) is 0 Å². The lowest BCUT2D eigenvalue weighted by Gasteiger charge is -2.28. The van der Waals surface area contributed by atoms with Crippen LogP contribution >= 0.6 is 0 Å². The number of nitrogens with one attached hydrogen (secondary N) is 1. The molecule has 0 aliphatic carbocycles. The van der Waals surface area contributed by atoms with Crippen molar-refractivity contribution < 1.29 is 17.6 Å². The molecule has 1 aromatic heterocycles. The summed E-state index contributed by atoms with van der Waals surface area (Å²) in [6.07, 6.45) is -4.33. The van der Waals surface area contributed by atoms with Crippen LogP contribution in [0.25, 0.3) is 11.4 Å². The van der Waals surface area contributed by atoms with Gasteiger partial charge in [0.1, 0.15) is 11.6 Å². The van der Waals surface area contributed by atoms with E-state index in [2.05, 4.69) is 9.97 Å². The predicted octanol–water partition coefficient (Wildman–Crippen LogP) is 3.74. The van der Waals surface area contributed by atoms with Crippen LogP contribution in [0.5, 0.6) is 0 Å². The number of aromatic nitrogens is 2. The minimum absolute atomic E-state index is 0.146. The molecular weight excluding hydrogens is 400 g/mol. The molecule has 30 heavy (non-hydrogen) atoms. The number of nitrogens with two attached hydrogens (primary N) is 1. The maximum absolute atomic E-state index is 14.2. The molecule has 0 saturated heterocycles. The molecule has 0 amide bonds. The summed E-state index contributed by atoms with van der Waals surface area (Å²) in [6, 6.07) is 9.73. The van der Waals surface area contributed by atoms with Gasteiger partial charge in [-0.2, -0.15) is 13.2 Å². The number of H-pyrrole nitrogens is 1. The second-order valence-corrected chi connectivity index (χ2v) is 7.19. The standard InChI is InChI=1S/C21H18F4N4O/c22-17-3-1-2-16(21(23,24)25)15(17)10-29-9-8-14-18(11-29)27-19(28-20(14)30)12-4-6-13(26)7-5-12/h1-7H,8-11,26H2,(H,27,28,30). The van der Waals surface area contributed by atoms with Crippen LogP contribution in [0.2, 0.25) is 0 Å². The molecule has 0 spiro atoms. The lowest BCUT2D eigenvalue weighted by molar-refractivity contribution is -0.138. The summed E-state index contributed by atoms with van der Waals surface area (Å²) < 4.78 is 54.1. The van der Waals surface area contributed by atoms with E-state index in [9.17, 15) is 22.4 Å². The number of halogens is 4. The smallest absolute Gasteiger partial charge is 0.399 e. The quantitative estimate of drug-likeness (QED) is 0.502. The van der Waals surface area contributed by atoms with Crippen LogP contribution in [0, 0.1) is 5.82 Å². The average Bonchev–Trinajstić information content (AvgIpc) is 2.69. The van der Waals surface area contributed by atoms with Gasteiger partial charge in [0, 0.05) is 42.0 Å². The second kappa shape index (κ2) is 7.56. The van der Waals surface area contributed by atoms with E-state index in [-0.39, 0.29) is 18.6 Å². The Morgan fingerprint density at radius 3 is 2.57 bits per heavy atom. The molecule has 156 valence electrons. The summed E-state index contributed by atoms with van der Waals surface area (Å²) in [5, 5.41) is 0. The van der Waals surface area contributed by atoms with Gasteiger partial charge in [0.15, 0.2) is 0 Å². The minimum atomic E-state index is -4.65. The van der Waals surface area contributed by atoms with E-state index < -0.39 is 23.1 Å². The summed E-state index contributed by atoms with van der Waals surface area (Å²) in [6.45, 7) is 0.240. The molecule has 0 radical (unpaired) electrons. The van der Waals surface area contributed by atoms with Crippen LogP contribution in [0.4, 0.5) is 23.2 Å². The third kappa shape index (κ3) is 3.93. The van der Waals surface area contributed by atoms with Crippen molar-refractivity contribution in [2.75, 3.05) is 12.3 Å². The third-order valence-corrected chi connectivity index (χ3v) is 5.14. The average molecular weight is 418 g/mol. The second-order valence-electron chi connectivity index (χ2n) is 7.19. The molecule has 3 aromatic rings. The maximum Gasteiger partial charge on any atom is 0.416 e. The van der Waals surface area contributed by atoms with Crippen molar-refractivity contribution >= 4 is 5.69 Å². The van der Waals surface area contributed by atoms with Gasteiger partial charge in [0.05, 0.1) is 11.3 Å². The molecular formula is C21H18F4N4O. The van der Waals surface area contributed by atoms with E-state index in [4.69, 9.17) is 5.73 Å². The maximum atomic E-state index is 14.2. The molecule has 0 bridgehead atoms. The van der Waals surface area contributed by atoms with Crippen molar-refractivity contribution in [1.29, 1.82) is 0 Å². The third-order valence-electron chi connectivity index (χ3n) is 5.14. The van der Waals surface area contributed by atoms with Crippen molar-refractivity contribution in [2.45, 2.75) is 25.7 Å². The lowest BCUT2D eigenvalue weighted by Crippen LogP contribution is -2.35. The number of aromatic amines is 1. The van der Waals surface area contributed by atoms with Gasteiger partial charge >= 0.3 is 6.18 Å². The molecule has 4 rings (SSSR count). The fourth-order valence-electron chi connectivity index (χ4n) is 3.62. The van der Waals surface area contributed by atoms with Crippen LogP contribution in [-0.4, -0.2) is 21.4 Å². The predicted molar refractivity (Wildman–Crippen MR) is 104 cm³/mol. The number of rotatable bonds is 3. The summed E-state index contributed by atoms with van der Waals surface area (Å²) in [7, 11) is 0.